The number of nitrogens with one attached hydrogen (secondary N) is 1. The van der Waals surface area contributed by atoms with Crippen LogP contribution >= 0.6 is 11.6 Å². The quantitative estimate of drug-likeness (QED) is 0.807. The molecule has 1 N–H and O–H groups in total. The molecular weight excluding hydrogens is 186 g/mol. The number of rotatable bonds is 3. The van der Waals surface area contributed by atoms with Crippen molar-refractivity contribution in [3.8, 4) is 0 Å². The van der Waals surface area contributed by atoms with Gasteiger partial charge in [0.2, 0.25) is 0 Å². The summed E-state index contributed by atoms with van der Waals surface area (Å²) in [5.41, 5.74) is 2.01. The molecule has 0 heterocycles. The maximum atomic E-state index is 10.7. The first kappa shape index (κ1) is 10.1. The predicted molar refractivity (Wildman–Crippen MR) is 55.4 cm³/mol. The lowest BCUT2D eigenvalue weighted by Gasteiger charge is -2.07. The third kappa shape index (κ3) is 3.07. The van der Waals surface area contributed by atoms with E-state index in [4.69, 9.17) is 11.6 Å². The first-order chi connectivity index (χ1) is 6.09. The Balaban J connectivity index is 2.72. The average Bonchev–Trinajstić information content (AvgIpc) is 2.02. The molecule has 0 spiro atoms. The van der Waals surface area contributed by atoms with Gasteiger partial charge >= 0.3 is 0 Å². The number of benzene rings is 1. The number of carbonyl (C=O) groups is 1. The molecule has 0 radical (unpaired) electrons. The molecule has 0 bridgehead atoms. The highest BCUT2D eigenvalue weighted by molar-refractivity contribution is 6.30. The Labute approximate surface area is 82.9 Å². The molecule has 1 aromatic carbocycles. The van der Waals surface area contributed by atoms with Gasteiger partial charge in [-0.15, -0.1) is 0 Å². The van der Waals surface area contributed by atoms with E-state index in [0.717, 1.165) is 11.3 Å². The van der Waals surface area contributed by atoms with E-state index in [1.807, 2.05) is 19.1 Å². The molecule has 0 unspecified atom stereocenters. The second-order valence-corrected chi connectivity index (χ2v) is 3.45. The molecular formula is C10H12ClNO. The minimum absolute atomic E-state index is 0.120. The largest absolute Gasteiger partial charge is 0.378 e. The number of carbonyl (C=O) groups excluding carboxylic acids is 1. The Morgan fingerprint density at radius 2 is 2.23 bits per heavy atom. The number of ketones is 1. The van der Waals surface area contributed by atoms with Gasteiger partial charge in [0.05, 0.1) is 6.54 Å². The average molecular weight is 198 g/mol. The Morgan fingerprint density at radius 1 is 1.54 bits per heavy atom. The van der Waals surface area contributed by atoms with Gasteiger partial charge in [-0.05, 0) is 37.6 Å². The summed E-state index contributed by atoms with van der Waals surface area (Å²) >= 11 is 5.78. The molecule has 0 aliphatic rings. The fourth-order valence-electron chi connectivity index (χ4n) is 1.05. The van der Waals surface area contributed by atoms with Crippen LogP contribution in [0.5, 0.6) is 0 Å². The smallest absolute Gasteiger partial charge is 0.148 e. The number of Topliss-reactive ketones (excluding diaryl/α,β-unsaturated/α-hetero) is 1. The van der Waals surface area contributed by atoms with E-state index in [2.05, 4.69) is 5.32 Å². The van der Waals surface area contributed by atoms with Crippen molar-refractivity contribution in [3.05, 3.63) is 28.8 Å². The molecule has 0 aliphatic carbocycles. The Morgan fingerprint density at radius 3 is 2.77 bits per heavy atom. The highest BCUT2D eigenvalue weighted by Gasteiger charge is 1.99. The first-order valence-corrected chi connectivity index (χ1v) is 4.47. The zero-order chi connectivity index (χ0) is 9.84. The van der Waals surface area contributed by atoms with Crippen molar-refractivity contribution in [2.24, 2.45) is 0 Å². The first-order valence-electron chi connectivity index (χ1n) is 4.09. The Bertz CT molecular complexity index is 323. The molecule has 0 amide bonds. The topological polar surface area (TPSA) is 29.1 Å². The summed E-state index contributed by atoms with van der Waals surface area (Å²) < 4.78 is 0. The molecule has 3 heteroatoms. The fraction of sp³-hybridized carbons (Fsp3) is 0.300. The highest BCUT2D eigenvalue weighted by Crippen LogP contribution is 2.19. The van der Waals surface area contributed by atoms with Crippen LogP contribution in [-0.2, 0) is 4.79 Å². The summed E-state index contributed by atoms with van der Waals surface area (Å²) in [6.07, 6.45) is 0. The van der Waals surface area contributed by atoms with Crippen molar-refractivity contribution in [1.82, 2.24) is 0 Å². The lowest BCUT2D eigenvalue weighted by atomic mass is 10.2. The number of anilines is 1. The Kier molecular flexibility index (Phi) is 3.32. The van der Waals surface area contributed by atoms with Crippen molar-refractivity contribution in [2.45, 2.75) is 13.8 Å². The SMILES string of the molecule is CC(=O)CNc1ccc(Cl)cc1C. The van der Waals surface area contributed by atoms with Crippen molar-refractivity contribution >= 4 is 23.1 Å². The minimum atomic E-state index is 0.120. The van der Waals surface area contributed by atoms with E-state index >= 15 is 0 Å². The molecule has 1 rings (SSSR count). The van der Waals surface area contributed by atoms with Gasteiger partial charge in [0.1, 0.15) is 5.78 Å². The van der Waals surface area contributed by atoms with Crippen molar-refractivity contribution in [1.29, 1.82) is 0 Å². The molecule has 70 valence electrons. The monoisotopic (exact) mass is 197 g/mol. The van der Waals surface area contributed by atoms with E-state index in [9.17, 15) is 4.79 Å². The van der Waals surface area contributed by atoms with Crippen LogP contribution in [0, 0.1) is 6.92 Å². The lowest BCUT2D eigenvalue weighted by molar-refractivity contribution is -0.115. The van der Waals surface area contributed by atoms with Crippen LogP contribution in [0.2, 0.25) is 5.02 Å². The standard InChI is InChI=1S/C10H12ClNO/c1-7-5-9(11)3-4-10(7)12-6-8(2)13/h3-5,12H,6H2,1-2H3. The Hall–Kier alpha value is -1.02. The fourth-order valence-corrected chi connectivity index (χ4v) is 1.27. The van der Waals surface area contributed by atoms with Gasteiger partial charge in [-0.3, -0.25) is 4.79 Å². The number of hydrogen-bond donors (Lipinski definition) is 1. The number of aryl methyl sites for hydroxylation is 1. The number of halogens is 1. The summed E-state index contributed by atoms with van der Waals surface area (Å²) in [6, 6.07) is 5.54. The second-order valence-electron chi connectivity index (χ2n) is 3.01. The maximum Gasteiger partial charge on any atom is 0.148 e. The van der Waals surface area contributed by atoms with Crippen LogP contribution < -0.4 is 5.32 Å². The summed E-state index contributed by atoms with van der Waals surface area (Å²) in [5.74, 6) is 0.120. The molecule has 0 aromatic heterocycles. The van der Waals surface area contributed by atoms with Gasteiger partial charge in [-0.2, -0.15) is 0 Å². The molecule has 0 fully saturated rings. The van der Waals surface area contributed by atoms with Gasteiger partial charge in [0, 0.05) is 10.7 Å². The van der Waals surface area contributed by atoms with Crippen molar-refractivity contribution in [2.75, 3.05) is 11.9 Å². The maximum absolute atomic E-state index is 10.7. The van der Waals surface area contributed by atoms with Crippen LogP contribution in [0.3, 0.4) is 0 Å². The van der Waals surface area contributed by atoms with E-state index in [0.29, 0.717) is 11.6 Å². The van der Waals surface area contributed by atoms with E-state index in [-0.39, 0.29) is 5.78 Å². The van der Waals surface area contributed by atoms with E-state index in [1.54, 1.807) is 13.0 Å². The molecule has 0 aliphatic heterocycles. The van der Waals surface area contributed by atoms with Crippen LogP contribution in [0.1, 0.15) is 12.5 Å². The molecule has 0 saturated carbocycles. The zero-order valence-corrected chi connectivity index (χ0v) is 8.48. The number of hydrogen-bond acceptors (Lipinski definition) is 2. The predicted octanol–water partition coefficient (Wildman–Crippen LogP) is 2.65. The lowest BCUT2D eigenvalue weighted by Crippen LogP contribution is -2.10. The molecule has 0 atom stereocenters. The summed E-state index contributed by atoms with van der Waals surface area (Å²) in [7, 11) is 0. The summed E-state index contributed by atoms with van der Waals surface area (Å²) in [4.78, 5) is 10.7. The van der Waals surface area contributed by atoms with Crippen molar-refractivity contribution < 1.29 is 4.79 Å². The van der Waals surface area contributed by atoms with Crippen LogP contribution in [0.25, 0.3) is 0 Å². The van der Waals surface area contributed by atoms with Crippen molar-refractivity contribution in [3.63, 3.8) is 0 Å². The summed E-state index contributed by atoms with van der Waals surface area (Å²) in [5, 5.41) is 3.75. The van der Waals surface area contributed by atoms with Crippen LogP contribution in [0.15, 0.2) is 18.2 Å². The third-order valence-corrected chi connectivity index (χ3v) is 1.95. The molecule has 1 aromatic rings. The van der Waals surface area contributed by atoms with E-state index < -0.39 is 0 Å². The van der Waals surface area contributed by atoms with E-state index in [1.165, 1.54) is 0 Å². The van der Waals surface area contributed by atoms with Crippen LogP contribution in [0.4, 0.5) is 5.69 Å². The molecule has 13 heavy (non-hydrogen) atoms. The minimum Gasteiger partial charge on any atom is -0.378 e. The second kappa shape index (κ2) is 4.28. The van der Waals surface area contributed by atoms with Gasteiger partial charge in [-0.1, -0.05) is 11.6 Å². The molecule has 2 nitrogen and oxygen atoms in total. The normalized spacial score (nSPS) is 9.77. The van der Waals surface area contributed by atoms with Gasteiger partial charge in [-0.25, -0.2) is 0 Å². The summed E-state index contributed by atoms with van der Waals surface area (Å²) in [6.45, 7) is 3.87. The van der Waals surface area contributed by atoms with Crippen LogP contribution in [-0.4, -0.2) is 12.3 Å². The van der Waals surface area contributed by atoms with Gasteiger partial charge in [0.25, 0.3) is 0 Å². The molecule has 0 saturated heterocycles. The third-order valence-electron chi connectivity index (χ3n) is 1.72. The zero-order valence-electron chi connectivity index (χ0n) is 7.73. The highest BCUT2D eigenvalue weighted by atomic mass is 35.5. The van der Waals surface area contributed by atoms with Gasteiger partial charge in [0.15, 0.2) is 0 Å². The van der Waals surface area contributed by atoms with Gasteiger partial charge < -0.3 is 5.32 Å².